The van der Waals surface area contributed by atoms with E-state index in [1.165, 1.54) is 23.1 Å². The van der Waals surface area contributed by atoms with Gasteiger partial charge in [0, 0.05) is 33.7 Å². The zero-order chi connectivity index (χ0) is 16.6. The van der Waals surface area contributed by atoms with E-state index in [2.05, 4.69) is 0 Å². The van der Waals surface area contributed by atoms with Crippen LogP contribution in [0.1, 0.15) is 25.5 Å². The predicted octanol–water partition coefficient (Wildman–Crippen LogP) is 4.51. The van der Waals surface area contributed by atoms with E-state index < -0.39 is 4.92 Å². The second-order valence-corrected chi connectivity index (χ2v) is 8.01. The second-order valence-electron chi connectivity index (χ2n) is 5.09. The second kappa shape index (κ2) is 6.51. The van der Waals surface area contributed by atoms with Crippen molar-refractivity contribution in [3.8, 4) is 0 Å². The number of halogens is 1. The van der Waals surface area contributed by atoms with Gasteiger partial charge in [0.25, 0.3) is 11.6 Å². The molecule has 0 aliphatic carbocycles. The van der Waals surface area contributed by atoms with Crippen LogP contribution in [0.2, 0.25) is 5.02 Å². The number of hydrogen-bond acceptors (Lipinski definition) is 5. The molecule has 5 nitrogen and oxygen atoms in total. The number of thioether (sulfide) groups is 1. The highest BCUT2D eigenvalue weighted by molar-refractivity contribution is 7.99. The molecule has 3 rings (SSSR count). The van der Waals surface area contributed by atoms with Crippen molar-refractivity contribution in [1.82, 2.24) is 4.90 Å². The molecule has 0 unspecified atom stereocenters. The molecule has 120 valence electrons. The van der Waals surface area contributed by atoms with E-state index in [-0.39, 0.29) is 22.0 Å². The van der Waals surface area contributed by atoms with Gasteiger partial charge < -0.3 is 4.90 Å². The van der Waals surface area contributed by atoms with Crippen molar-refractivity contribution in [2.45, 2.75) is 12.3 Å². The number of benzene rings is 1. The molecule has 0 N–H and O–H groups in total. The maximum Gasteiger partial charge on any atom is 0.288 e. The van der Waals surface area contributed by atoms with Gasteiger partial charge in [-0.1, -0.05) is 11.6 Å². The van der Waals surface area contributed by atoms with Gasteiger partial charge in [0.1, 0.15) is 10.4 Å². The summed E-state index contributed by atoms with van der Waals surface area (Å²) in [7, 11) is 0. The van der Waals surface area contributed by atoms with Crippen LogP contribution in [0, 0.1) is 17.0 Å². The third-order valence-corrected chi connectivity index (χ3v) is 6.31. The van der Waals surface area contributed by atoms with Gasteiger partial charge in [0.2, 0.25) is 0 Å². The molecule has 2 aromatic rings. The van der Waals surface area contributed by atoms with Crippen molar-refractivity contribution < 1.29 is 9.72 Å². The molecule has 8 heteroatoms. The Morgan fingerprint density at radius 1 is 1.39 bits per heavy atom. The first-order valence-corrected chi connectivity index (χ1v) is 9.14. The number of nitro benzene ring substituents is 1. The fourth-order valence-corrected chi connectivity index (χ4v) is 5.01. The number of thiophene rings is 1. The predicted molar refractivity (Wildman–Crippen MR) is 93.4 cm³/mol. The summed E-state index contributed by atoms with van der Waals surface area (Å²) in [5.74, 6) is 0.647. The average Bonchev–Trinajstić information content (AvgIpc) is 3.15. The third kappa shape index (κ3) is 3.22. The molecule has 0 saturated carbocycles. The number of nitrogens with zero attached hydrogens (tertiary/aromatic N) is 2. The number of nitro groups is 1. The molecule has 1 saturated heterocycles. The largest absolute Gasteiger partial charge is 0.321 e. The summed E-state index contributed by atoms with van der Waals surface area (Å²) < 4.78 is 0. The summed E-state index contributed by atoms with van der Waals surface area (Å²) >= 11 is 9.19. The number of rotatable bonds is 3. The molecule has 1 atom stereocenters. The average molecular weight is 369 g/mol. The Balaban J connectivity index is 1.90. The molecule has 0 bridgehead atoms. The molecule has 2 heterocycles. The molecule has 0 spiro atoms. The van der Waals surface area contributed by atoms with E-state index in [0.717, 1.165) is 10.6 Å². The molecule has 1 aliphatic heterocycles. The van der Waals surface area contributed by atoms with E-state index in [1.807, 2.05) is 19.1 Å². The minimum Gasteiger partial charge on any atom is -0.321 e. The molecule has 0 radical (unpaired) electrons. The summed E-state index contributed by atoms with van der Waals surface area (Å²) in [6.45, 7) is 2.66. The summed E-state index contributed by atoms with van der Waals surface area (Å²) in [4.78, 5) is 27.3. The van der Waals surface area contributed by atoms with E-state index in [4.69, 9.17) is 11.6 Å². The molecule has 23 heavy (non-hydrogen) atoms. The van der Waals surface area contributed by atoms with Crippen LogP contribution < -0.4 is 0 Å². The Labute approximate surface area is 146 Å². The molecule has 1 aromatic heterocycles. The zero-order valence-corrected chi connectivity index (χ0v) is 14.6. The molecule has 1 aromatic carbocycles. The lowest BCUT2D eigenvalue weighted by Gasteiger charge is -2.23. The van der Waals surface area contributed by atoms with Gasteiger partial charge >= 0.3 is 0 Å². The van der Waals surface area contributed by atoms with Crippen LogP contribution in [0.25, 0.3) is 0 Å². The highest BCUT2D eigenvalue weighted by Gasteiger charge is 2.32. The van der Waals surface area contributed by atoms with Gasteiger partial charge in [-0.2, -0.15) is 0 Å². The normalized spacial score (nSPS) is 17.5. The van der Waals surface area contributed by atoms with Crippen molar-refractivity contribution in [3.05, 3.63) is 60.8 Å². The van der Waals surface area contributed by atoms with Crippen LogP contribution in [0.4, 0.5) is 5.69 Å². The number of carbonyl (C=O) groups is 1. The molecule has 1 amide bonds. The van der Waals surface area contributed by atoms with Crippen LogP contribution in [-0.4, -0.2) is 28.0 Å². The Morgan fingerprint density at radius 3 is 2.83 bits per heavy atom. The van der Waals surface area contributed by atoms with Crippen LogP contribution in [0.15, 0.2) is 30.3 Å². The summed E-state index contributed by atoms with van der Waals surface area (Å²) in [6.07, 6.45) is 0. The van der Waals surface area contributed by atoms with Gasteiger partial charge in [-0.3, -0.25) is 14.9 Å². The molecule has 1 aliphatic rings. The van der Waals surface area contributed by atoms with E-state index >= 15 is 0 Å². The third-order valence-electron chi connectivity index (χ3n) is 3.55. The smallest absolute Gasteiger partial charge is 0.288 e. The van der Waals surface area contributed by atoms with Crippen molar-refractivity contribution >= 4 is 46.3 Å². The van der Waals surface area contributed by atoms with Crippen molar-refractivity contribution in [2.24, 2.45) is 0 Å². The van der Waals surface area contributed by atoms with Crippen LogP contribution >= 0.6 is 34.7 Å². The van der Waals surface area contributed by atoms with Gasteiger partial charge in [0.05, 0.1) is 4.92 Å². The molecular weight excluding hydrogens is 356 g/mol. The lowest BCUT2D eigenvalue weighted by atomic mass is 10.1. The first-order chi connectivity index (χ1) is 11.0. The Kier molecular flexibility index (Phi) is 4.61. The van der Waals surface area contributed by atoms with Crippen molar-refractivity contribution in [3.63, 3.8) is 0 Å². The molecule has 1 fully saturated rings. The lowest BCUT2D eigenvalue weighted by molar-refractivity contribution is -0.384. The minimum atomic E-state index is -0.571. The number of carbonyl (C=O) groups excluding carboxylic acids is 1. The van der Waals surface area contributed by atoms with E-state index in [1.54, 1.807) is 28.0 Å². The van der Waals surface area contributed by atoms with Gasteiger partial charge in [0.15, 0.2) is 0 Å². The fraction of sp³-hybridized carbons (Fsp3) is 0.267. The lowest BCUT2D eigenvalue weighted by Crippen LogP contribution is -2.30. The first kappa shape index (κ1) is 16.3. The fourth-order valence-electron chi connectivity index (χ4n) is 2.45. The maximum absolute atomic E-state index is 12.8. The van der Waals surface area contributed by atoms with Crippen molar-refractivity contribution in [2.75, 3.05) is 12.3 Å². The van der Waals surface area contributed by atoms with E-state index in [0.29, 0.717) is 12.1 Å². The SMILES string of the molecule is Cc1ccc([C@@H]2SCCN2C(=O)c2ccc(Cl)c([N+](=O)[O-])c2)s1. The Hall–Kier alpha value is -1.57. The van der Waals surface area contributed by atoms with Gasteiger partial charge in [-0.15, -0.1) is 23.1 Å². The monoisotopic (exact) mass is 368 g/mol. The zero-order valence-electron chi connectivity index (χ0n) is 12.2. The Morgan fingerprint density at radius 2 is 2.17 bits per heavy atom. The Bertz CT molecular complexity index is 778. The molecular formula is C15H13ClN2O3S2. The maximum atomic E-state index is 12.8. The number of aryl methyl sites for hydroxylation is 1. The van der Waals surface area contributed by atoms with Gasteiger partial charge in [-0.25, -0.2) is 0 Å². The van der Waals surface area contributed by atoms with Crippen LogP contribution in [0.5, 0.6) is 0 Å². The first-order valence-electron chi connectivity index (χ1n) is 6.90. The number of hydrogen-bond donors (Lipinski definition) is 0. The minimum absolute atomic E-state index is 0.0315. The van der Waals surface area contributed by atoms with Crippen LogP contribution in [-0.2, 0) is 0 Å². The summed E-state index contributed by atoms with van der Waals surface area (Å²) in [6, 6.07) is 8.27. The quantitative estimate of drug-likeness (QED) is 0.590. The van der Waals surface area contributed by atoms with Gasteiger partial charge in [-0.05, 0) is 31.2 Å². The summed E-state index contributed by atoms with van der Waals surface area (Å²) in [5, 5.41) is 11.0. The van der Waals surface area contributed by atoms with E-state index in [9.17, 15) is 14.9 Å². The standard InChI is InChI=1S/C15H13ClN2O3S2/c1-9-2-5-13(23-9)15-17(6-7-22-15)14(19)10-3-4-11(16)12(8-10)18(20)21/h2-5,8,15H,6-7H2,1H3/t15-/m0/s1. The highest BCUT2D eigenvalue weighted by atomic mass is 35.5. The summed E-state index contributed by atoms with van der Waals surface area (Å²) in [5.41, 5.74) is 0.0507. The van der Waals surface area contributed by atoms with Crippen LogP contribution in [0.3, 0.4) is 0 Å². The number of amides is 1. The highest BCUT2D eigenvalue weighted by Crippen LogP contribution is 2.41. The topological polar surface area (TPSA) is 63.5 Å². The van der Waals surface area contributed by atoms with Crippen molar-refractivity contribution in [1.29, 1.82) is 0 Å².